The molecule has 0 N–H and O–H groups in total. The molecular weight excluding hydrogens is 196 g/mol. The fourth-order valence-electron chi connectivity index (χ4n) is 1.13. The quantitative estimate of drug-likeness (QED) is 0.420. The minimum Gasteiger partial charge on any atom is -0.461 e. The van der Waals surface area contributed by atoms with Crippen molar-refractivity contribution < 1.29 is 14.3 Å². The Bertz CT molecular complexity index is 407. The lowest BCUT2D eigenvalue weighted by Crippen LogP contribution is -2.10. The molecule has 0 saturated heterocycles. The molecule has 0 aliphatic rings. The third kappa shape index (κ3) is 2.31. The molecule has 0 radical (unpaired) electrons. The van der Waals surface area contributed by atoms with Gasteiger partial charge in [-0.05, 0) is 13.0 Å². The number of carbonyl (C=O) groups excluding carboxylic acids is 2. The molecule has 5 nitrogen and oxygen atoms in total. The van der Waals surface area contributed by atoms with Crippen molar-refractivity contribution in [3.63, 3.8) is 0 Å². The topological polar surface area (TPSA) is 61.2 Å². The number of ketones is 1. The highest BCUT2D eigenvalue weighted by molar-refractivity contribution is 6.10. The van der Waals surface area contributed by atoms with Crippen LogP contribution >= 0.6 is 0 Å². The summed E-state index contributed by atoms with van der Waals surface area (Å²) in [6.45, 7) is 5.29. The summed E-state index contributed by atoms with van der Waals surface area (Å²) in [5.41, 5.74) is 0.246. The number of hydrogen-bond donors (Lipinski definition) is 0. The number of aromatic nitrogens is 2. The zero-order chi connectivity index (χ0) is 11.4. The average molecular weight is 208 g/mol. The average Bonchev–Trinajstić information content (AvgIpc) is 2.59. The van der Waals surface area contributed by atoms with Crippen LogP contribution in [0.4, 0.5) is 0 Å². The van der Waals surface area contributed by atoms with E-state index in [0.717, 1.165) is 6.08 Å². The van der Waals surface area contributed by atoms with Crippen LogP contribution < -0.4 is 0 Å². The second kappa shape index (κ2) is 4.54. The minimum absolute atomic E-state index is 0.0317. The lowest BCUT2D eigenvalue weighted by Gasteiger charge is -1.98. The highest BCUT2D eigenvalue weighted by atomic mass is 16.5. The summed E-state index contributed by atoms with van der Waals surface area (Å²) in [6, 6.07) is 0. The van der Waals surface area contributed by atoms with E-state index in [0.29, 0.717) is 0 Å². The molecule has 0 unspecified atom stereocenters. The Morgan fingerprint density at radius 1 is 1.67 bits per heavy atom. The van der Waals surface area contributed by atoms with Crippen LogP contribution in [0.25, 0.3) is 0 Å². The van der Waals surface area contributed by atoms with E-state index < -0.39 is 5.97 Å². The number of carbonyl (C=O) groups is 2. The summed E-state index contributed by atoms with van der Waals surface area (Å²) in [6.07, 6.45) is 2.61. The number of hydrogen-bond acceptors (Lipinski definition) is 4. The monoisotopic (exact) mass is 208 g/mol. The van der Waals surface area contributed by atoms with Gasteiger partial charge in [0.05, 0.1) is 12.2 Å². The summed E-state index contributed by atoms with van der Waals surface area (Å²) >= 11 is 0. The molecule has 5 heteroatoms. The molecule has 0 bridgehead atoms. The maximum atomic E-state index is 11.4. The zero-order valence-electron chi connectivity index (χ0n) is 8.69. The second-order valence-corrected chi connectivity index (χ2v) is 2.85. The number of rotatable bonds is 4. The van der Waals surface area contributed by atoms with E-state index in [4.69, 9.17) is 4.74 Å². The molecule has 15 heavy (non-hydrogen) atoms. The van der Waals surface area contributed by atoms with Gasteiger partial charge in [-0.25, -0.2) is 4.79 Å². The maximum absolute atomic E-state index is 11.4. The molecule has 0 aliphatic heterocycles. The van der Waals surface area contributed by atoms with Crippen LogP contribution in [0, 0.1) is 0 Å². The van der Waals surface area contributed by atoms with E-state index in [1.165, 1.54) is 10.9 Å². The van der Waals surface area contributed by atoms with Gasteiger partial charge in [-0.2, -0.15) is 5.10 Å². The van der Waals surface area contributed by atoms with Gasteiger partial charge in [-0.3, -0.25) is 9.48 Å². The Hall–Kier alpha value is -1.91. The Kier molecular flexibility index (Phi) is 3.38. The number of ether oxygens (including phenoxy) is 1. The van der Waals surface area contributed by atoms with Crippen molar-refractivity contribution in [2.24, 2.45) is 7.05 Å². The Morgan fingerprint density at radius 2 is 2.33 bits per heavy atom. The molecule has 0 aliphatic carbocycles. The van der Waals surface area contributed by atoms with Gasteiger partial charge in [0.1, 0.15) is 0 Å². The van der Waals surface area contributed by atoms with Gasteiger partial charge in [0.15, 0.2) is 11.5 Å². The van der Waals surface area contributed by atoms with Crippen molar-refractivity contribution in [3.05, 3.63) is 30.1 Å². The highest BCUT2D eigenvalue weighted by Gasteiger charge is 2.20. The standard InChI is InChI=1S/C10H12N2O3/c1-4-8(13)7-6-12(3)11-9(7)10(14)15-5-2/h4,6H,1,5H2,2-3H3. The first-order valence-electron chi connectivity index (χ1n) is 4.47. The predicted molar refractivity (Wildman–Crippen MR) is 53.7 cm³/mol. The molecule has 80 valence electrons. The fraction of sp³-hybridized carbons (Fsp3) is 0.300. The zero-order valence-corrected chi connectivity index (χ0v) is 8.69. The third-order valence-corrected chi connectivity index (χ3v) is 1.75. The normalized spacial score (nSPS) is 9.73. The number of nitrogens with zero attached hydrogens (tertiary/aromatic N) is 2. The van der Waals surface area contributed by atoms with Crippen molar-refractivity contribution in [1.82, 2.24) is 9.78 Å². The Morgan fingerprint density at radius 3 is 2.87 bits per heavy atom. The SMILES string of the molecule is C=CC(=O)c1cn(C)nc1C(=O)OCC. The molecule has 0 fully saturated rings. The fourth-order valence-corrected chi connectivity index (χ4v) is 1.13. The molecule has 1 rings (SSSR count). The lowest BCUT2D eigenvalue weighted by molar-refractivity contribution is 0.0516. The number of esters is 1. The first-order chi connectivity index (χ1) is 7.10. The predicted octanol–water partition coefficient (Wildman–Crippen LogP) is 0.965. The second-order valence-electron chi connectivity index (χ2n) is 2.85. The number of allylic oxidation sites excluding steroid dienone is 1. The third-order valence-electron chi connectivity index (χ3n) is 1.75. The number of aryl methyl sites for hydroxylation is 1. The van der Waals surface area contributed by atoms with Crippen LogP contribution in [0.3, 0.4) is 0 Å². The van der Waals surface area contributed by atoms with Crippen LogP contribution in [-0.4, -0.2) is 28.1 Å². The van der Waals surface area contributed by atoms with E-state index in [1.54, 1.807) is 14.0 Å². The molecule has 1 heterocycles. The molecule has 0 atom stereocenters. The molecule has 0 spiro atoms. The van der Waals surface area contributed by atoms with Crippen LogP contribution in [-0.2, 0) is 11.8 Å². The molecular formula is C10H12N2O3. The summed E-state index contributed by atoms with van der Waals surface area (Å²) in [5.74, 6) is -0.936. The molecule has 0 saturated carbocycles. The molecule has 0 amide bonds. The summed E-state index contributed by atoms with van der Waals surface area (Å²) in [5, 5.41) is 3.87. The van der Waals surface area contributed by atoms with Crippen molar-refractivity contribution >= 4 is 11.8 Å². The van der Waals surface area contributed by atoms with E-state index in [1.807, 2.05) is 0 Å². The lowest BCUT2D eigenvalue weighted by atomic mass is 10.1. The van der Waals surface area contributed by atoms with E-state index in [2.05, 4.69) is 11.7 Å². The van der Waals surface area contributed by atoms with Gasteiger partial charge in [0.25, 0.3) is 0 Å². The minimum atomic E-state index is -0.594. The van der Waals surface area contributed by atoms with E-state index >= 15 is 0 Å². The first kappa shape index (κ1) is 11.2. The van der Waals surface area contributed by atoms with Crippen LogP contribution in [0.2, 0.25) is 0 Å². The van der Waals surface area contributed by atoms with Gasteiger partial charge in [-0.1, -0.05) is 6.58 Å². The summed E-state index contributed by atoms with van der Waals surface area (Å²) < 4.78 is 6.17. The van der Waals surface area contributed by atoms with Gasteiger partial charge >= 0.3 is 5.97 Å². The van der Waals surface area contributed by atoms with Crippen molar-refractivity contribution in [2.75, 3.05) is 6.61 Å². The first-order valence-corrected chi connectivity index (χ1v) is 4.47. The molecule has 1 aromatic rings. The van der Waals surface area contributed by atoms with Gasteiger partial charge in [-0.15, -0.1) is 0 Å². The van der Waals surface area contributed by atoms with Gasteiger partial charge < -0.3 is 4.74 Å². The summed E-state index contributed by atoms with van der Waals surface area (Å²) in [4.78, 5) is 22.8. The van der Waals surface area contributed by atoms with Crippen molar-refractivity contribution in [1.29, 1.82) is 0 Å². The molecule has 1 aromatic heterocycles. The van der Waals surface area contributed by atoms with Crippen molar-refractivity contribution in [2.45, 2.75) is 6.92 Å². The van der Waals surface area contributed by atoms with Gasteiger partial charge in [0.2, 0.25) is 0 Å². The van der Waals surface area contributed by atoms with E-state index in [9.17, 15) is 9.59 Å². The van der Waals surface area contributed by atoms with Crippen molar-refractivity contribution in [3.8, 4) is 0 Å². The van der Waals surface area contributed by atoms with Gasteiger partial charge in [0, 0.05) is 13.2 Å². The van der Waals surface area contributed by atoms with E-state index in [-0.39, 0.29) is 23.6 Å². The van der Waals surface area contributed by atoms with Crippen LogP contribution in [0.5, 0.6) is 0 Å². The van der Waals surface area contributed by atoms with Crippen LogP contribution in [0.1, 0.15) is 27.8 Å². The molecule has 0 aromatic carbocycles. The van der Waals surface area contributed by atoms with Crippen LogP contribution in [0.15, 0.2) is 18.9 Å². The smallest absolute Gasteiger partial charge is 0.359 e. The largest absolute Gasteiger partial charge is 0.461 e. The highest BCUT2D eigenvalue weighted by Crippen LogP contribution is 2.09. The maximum Gasteiger partial charge on any atom is 0.359 e. The Balaban J connectivity index is 3.11. The Labute approximate surface area is 87.3 Å². The summed E-state index contributed by atoms with van der Waals surface area (Å²) in [7, 11) is 1.63.